The maximum Gasteiger partial charge on any atom is 0.159 e. The van der Waals surface area contributed by atoms with Crippen LogP contribution in [0.3, 0.4) is 0 Å². The van der Waals surface area contributed by atoms with E-state index in [-0.39, 0.29) is 17.9 Å². The van der Waals surface area contributed by atoms with Crippen LogP contribution in [-0.4, -0.2) is 33.5 Å². The third-order valence-corrected chi connectivity index (χ3v) is 4.64. The van der Waals surface area contributed by atoms with Gasteiger partial charge in [-0.3, -0.25) is 0 Å². The molecule has 0 atom stereocenters. The highest BCUT2D eigenvalue weighted by Gasteiger charge is 2.22. The van der Waals surface area contributed by atoms with Crippen LogP contribution in [0.5, 0.6) is 0 Å². The lowest BCUT2D eigenvalue weighted by Gasteiger charge is -2.19. The largest absolute Gasteiger partial charge is 0.412 e. The number of hydrogen-bond donors (Lipinski definition) is 1. The van der Waals surface area contributed by atoms with Crippen molar-refractivity contribution < 1.29 is 5.48 Å². The topological polar surface area (TPSA) is 76.3 Å². The summed E-state index contributed by atoms with van der Waals surface area (Å²) in [4.78, 5) is 14.9. The minimum atomic E-state index is 0. The first-order valence-electron chi connectivity index (χ1n) is 7.34. The maximum atomic E-state index is 6.13. The number of nitrogens with one attached hydrogen (secondary N) is 1. The van der Waals surface area contributed by atoms with Crippen LogP contribution in [0.4, 0.5) is 5.82 Å². The highest BCUT2D eigenvalue weighted by Crippen LogP contribution is 2.35. The molecule has 1 aromatic carbocycles. The van der Waals surface area contributed by atoms with Crippen molar-refractivity contribution in [3.63, 3.8) is 0 Å². The molecule has 0 unspecified atom stereocenters. The van der Waals surface area contributed by atoms with Crippen LogP contribution in [-0.2, 0) is 0 Å². The molecular weight excluding hydrogens is 383 g/mol. The van der Waals surface area contributed by atoms with Gasteiger partial charge in [-0.1, -0.05) is 41.4 Å². The van der Waals surface area contributed by atoms with Gasteiger partial charge < -0.3 is 15.4 Å². The fraction of sp³-hybridized carbons (Fsp3) is 0.176. The van der Waals surface area contributed by atoms with Crippen LogP contribution in [0.1, 0.15) is 5.82 Å². The van der Waals surface area contributed by atoms with Gasteiger partial charge in [0.25, 0.3) is 0 Å². The van der Waals surface area contributed by atoms with E-state index in [2.05, 4.69) is 27.0 Å². The van der Waals surface area contributed by atoms with Gasteiger partial charge in [0.15, 0.2) is 5.82 Å². The van der Waals surface area contributed by atoms with Crippen molar-refractivity contribution in [1.82, 2.24) is 15.0 Å². The third-order valence-electron chi connectivity index (χ3n) is 3.90. The van der Waals surface area contributed by atoms with Crippen LogP contribution in [0.15, 0.2) is 36.4 Å². The van der Waals surface area contributed by atoms with Gasteiger partial charge in [0, 0.05) is 18.7 Å². The number of anilines is 1. The van der Waals surface area contributed by atoms with Crippen molar-refractivity contribution in [3.05, 3.63) is 52.3 Å². The fourth-order valence-corrected chi connectivity index (χ4v) is 3.09. The van der Waals surface area contributed by atoms with Gasteiger partial charge in [-0.25, -0.2) is 9.97 Å². The summed E-state index contributed by atoms with van der Waals surface area (Å²) < 4.78 is 0. The summed E-state index contributed by atoms with van der Waals surface area (Å²) in [6.45, 7) is 3.68. The zero-order valence-corrected chi connectivity index (χ0v) is 15.7. The highest BCUT2D eigenvalue weighted by molar-refractivity contribution is 6.42. The molecular formula is C17H17Cl3N4O. The number of rotatable bonds is 2. The van der Waals surface area contributed by atoms with E-state index in [1.54, 1.807) is 6.07 Å². The van der Waals surface area contributed by atoms with Crippen LogP contribution in [0, 0.1) is 6.92 Å². The van der Waals surface area contributed by atoms with Crippen molar-refractivity contribution in [2.24, 2.45) is 0 Å². The Bertz CT molecular complexity index is 886. The number of H-pyrrole nitrogens is 1. The molecule has 4 rings (SSSR count). The number of fused-ring (bicyclic) bond motifs is 1. The second-order valence-electron chi connectivity index (χ2n) is 5.55. The summed E-state index contributed by atoms with van der Waals surface area (Å²) in [6, 6.07) is 7.57. The van der Waals surface area contributed by atoms with E-state index < -0.39 is 0 Å². The number of nitrogens with zero attached hydrogens (tertiary/aromatic N) is 3. The SMILES string of the molecule is Cc1nc(N2CC=CC2)c2nc(-c3ccc(Cl)c(Cl)c3)cc-2[nH]1.Cl.O. The summed E-state index contributed by atoms with van der Waals surface area (Å²) in [5.41, 5.74) is 3.64. The smallest absolute Gasteiger partial charge is 0.159 e. The van der Waals surface area contributed by atoms with Crippen LogP contribution in [0.2, 0.25) is 10.0 Å². The lowest BCUT2D eigenvalue weighted by atomic mass is 10.1. The van der Waals surface area contributed by atoms with Crippen molar-refractivity contribution >= 4 is 41.4 Å². The summed E-state index contributed by atoms with van der Waals surface area (Å²) in [5, 5.41) is 1.07. The Morgan fingerprint density at radius 2 is 1.76 bits per heavy atom. The molecule has 0 amide bonds. The van der Waals surface area contributed by atoms with Crippen LogP contribution >= 0.6 is 35.6 Å². The van der Waals surface area contributed by atoms with Gasteiger partial charge in [0.1, 0.15) is 11.5 Å². The van der Waals surface area contributed by atoms with Gasteiger partial charge >= 0.3 is 0 Å². The third kappa shape index (κ3) is 3.60. The van der Waals surface area contributed by atoms with E-state index in [1.165, 1.54) is 0 Å². The molecule has 3 heterocycles. The molecule has 5 nitrogen and oxygen atoms in total. The Morgan fingerprint density at radius 1 is 1.04 bits per heavy atom. The number of hydrogen-bond acceptors (Lipinski definition) is 3. The monoisotopic (exact) mass is 398 g/mol. The van der Waals surface area contributed by atoms with Gasteiger partial charge in [0.05, 0.1) is 21.4 Å². The first kappa shape index (κ1) is 19.5. The Labute approximate surface area is 161 Å². The molecule has 0 saturated carbocycles. The normalized spacial score (nSPS) is 13.0. The molecule has 0 aliphatic carbocycles. The molecule has 0 spiro atoms. The maximum absolute atomic E-state index is 6.13. The average molecular weight is 400 g/mol. The molecule has 1 aromatic rings. The van der Waals surface area contributed by atoms with E-state index >= 15 is 0 Å². The molecule has 0 aromatic heterocycles. The minimum Gasteiger partial charge on any atom is -0.412 e. The molecule has 132 valence electrons. The van der Waals surface area contributed by atoms with Crippen LogP contribution in [0.25, 0.3) is 22.6 Å². The van der Waals surface area contributed by atoms with Gasteiger partial charge in [-0.15, -0.1) is 12.4 Å². The highest BCUT2D eigenvalue weighted by atomic mass is 35.5. The van der Waals surface area contributed by atoms with Crippen molar-refractivity contribution in [3.8, 4) is 22.6 Å². The number of aryl methyl sites for hydroxylation is 1. The number of benzene rings is 1. The molecule has 3 aliphatic rings. The van der Waals surface area contributed by atoms with Gasteiger partial charge in [-0.2, -0.15) is 0 Å². The summed E-state index contributed by atoms with van der Waals surface area (Å²) in [5.74, 6) is 1.78. The number of aromatic nitrogens is 3. The predicted octanol–water partition coefficient (Wildman–Crippen LogP) is 4.17. The summed E-state index contributed by atoms with van der Waals surface area (Å²) >= 11 is 12.1. The molecule has 0 radical (unpaired) electrons. The second-order valence-corrected chi connectivity index (χ2v) is 6.37. The zero-order valence-electron chi connectivity index (χ0n) is 13.4. The predicted molar refractivity (Wildman–Crippen MR) is 105 cm³/mol. The lowest BCUT2D eigenvalue weighted by Crippen LogP contribution is -2.21. The first-order valence-corrected chi connectivity index (χ1v) is 8.10. The first-order chi connectivity index (χ1) is 11.1. The quantitative estimate of drug-likeness (QED) is 0.657. The summed E-state index contributed by atoms with van der Waals surface area (Å²) in [6.07, 6.45) is 4.28. The number of aromatic amines is 1. The lowest BCUT2D eigenvalue weighted by molar-refractivity contribution is 0.824. The summed E-state index contributed by atoms with van der Waals surface area (Å²) in [7, 11) is 0. The molecule has 8 heteroatoms. The van der Waals surface area contributed by atoms with E-state index in [4.69, 9.17) is 28.2 Å². The van der Waals surface area contributed by atoms with E-state index in [0.717, 1.165) is 47.4 Å². The van der Waals surface area contributed by atoms with Crippen molar-refractivity contribution in [1.29, 1.82) is 0 Å². The van der Waals surface area contributed by atoms with E-state index in [9.17, 15) is 0 Å². The van der Waals surface area contributed by atoms with Crippen molar-refractivity contribution in [2.75, 3.05) is 18.0 Å². The Balaban J connectivity index is 0.00000113. The molecule has 25 heavy (non-hydrogen) atoms. The minimum absolute atomic E-state index is 0. The van der Waals surface area contributed by atoms with Gasteiger partial charge in [-0.05, 0) is 25.1 Å². The molecule has 0 bridgehead atoms. The molecule has 3 N–H and O–H groups in total. The Kier molecular flexibility index (Phi) is 5.95. The van der Waals surface area contributed by atoms with Gasteiger partial charge in [0.2, 0.25) is 0 Å². The van der Waals surface area contributed by atoms with E-state index in [0.29, 0.717) is 10.0 Å². The average Bonchev–Trinajstić information content (AvgIpc) is 3.18. The molecule has 0 saturated heterocycles. The van der Waals surface area contributed by atoms with E-state index in [1.807, 2.05) is 25.1 Å². The standard InChI is InChI=1S/C17H14Cl2N4.ClH.H2O/c1-10-20-15-9-14(11-4-5-12(18)13(19)8-11)22-16(15)17(21-10)23-6-2-3-7-23;;/h2-5,8-9H,6-7H2,1H3,(H,20,21);1H;1H2. The zero-order chi connectivity index (χ0) is 16.0. The Morgan fingerprint density at radius 3 is 2.44 bits per heavy atom. The fourth-order valence-electron chi connectivity index (χ4n) is 2.79. The number of halogens is 3. The second kappa shape index (κ2) is 7.62. The molecule has 3 aliphatic heterocycles. The van der Waals surface area contributed by atoms with Crippen molar-refractivity contribution in [2.45, 2.75) is 6.92 Å². The molecule has 0 fully saturated rings. The Hall–Kier alpha value is -1.79. The van der Waals surface area contributed by atoms with Crippen LogP contribution < -0.4 is 4.90 Å².